The average Bonchev–Trinajstić information content (AvgIpc) is 2.96. The smallest absolute Gasteiger partial charge is 0.270 e. The van der Waals surface area contributed by atoms with Crippen LogP contribution in [0.3, 0.4) is 0 Å². The highest BCUT2D eigenvalue weighted by Gasteiger charge is 2.12. The summed E-state index contributed by atoms with van der Waals surface area (Å²) in [6, 6.07) is 0. The minimum atomic E-state index is -0.182. The van der Waals surface area contributed by atoms with Crippen LogP contribution in [0.5, 0.6) is 0 Å². The molecular weight excluding hydrogens is 196 g/mol. The second kappa shape index (κ2) is 5.76. The van der Waals surface area contributed by atoms with Crippen LogP contribution in [0.1, 0.15) is 51.4 Å². The van der Waals surface area contributed by atoms with Crippen LogP contribution in [0, 0.1) is 35.5 Å². The molecular formula is C15H18O. The summed E-state index contributed by atoms with van der Waals surface area (Å²) in [6.45, 7) is 0. The van der Waals surface area contributed by atoms with Crippen molar-refractivity contribution in [2.45, 2.75) is 51.4 Å². The van der Waals surface area contributed by atoms with Gasteiger partial charge in [-0.1, -0.05) is 37.5 Å². The van der Waals surface area contributed by atoms with E-state index in [0.29, 0.717) is 11.8 Å². The molecule has 0 aromatic rings. The van der Waals surface area contributed by atoms with Gasteiger partial charge < -0.3 is 0 Å². The van der Waals surface area contributed by atoms with Crippen molar-refractivity contribution in [3.63, 3.8) is 0 Å². The first kappa shape index (κ1) is 11.3. The van der Waals surface area contributed by atoms with E-state index < -0.39 is 0 Å². The Bertz CT molecular complexity index is 324. The fraction of sp³-hybridized carbons (Fsp3) is 0.667. The van der Waals surface area contributed by atoms with E-state index in [1.165, 1.54) is 25.7 Å². The summed E-state index contributed by atoms with van der Waals surface area (Å²) in [5, 5.41) is 0. The predicted molar refractivity (Wildman–Crippen MR) is 64.5 cm³/mol. The Morgan fingerprint density at radius 2 is 1.12 bits per heavy atom. The summed E-state index contributed by atoms with van der Waals surface area (Å²) in [5.74, 6) is 12.2. The normalized spacial score (nSPS) is 21.0. The molecule has 0 N–H and O–H groups in total. The zero-order valence-corrected chi connectivity index (χ0v) is 9.72. The fourth-order valence-electron chi connectivity index (χ4n) is 2.51. The molecule has 0 heterocycles. The third-order valence-corrected chi connectivity index (χ3v) is 3.49. The summed E-state index contributed by atoms with van der Waals surface area (Å²) in [4.78, 5) is 11.4. The van der Waals surface area contributed by atoms with Crippen molar-refractivity contribution >= 4 is 5.78 Å². The van der Waals surface area contributed by atoms with Gasteiger partial charge in [0.15, 0.2) is 0 Å². The van der Waals surface area contributed by atoms with E-state index in [1.54, 1.807) is 0 Å². The van der Waals surface area contributed by atoms with Crippen LogP contribution in [0.4, 0.5) is 0 Å². The molecule has 0 atom stereocenters. The molecule has 0 aromatic carbocycles. The van der Waals surface area contributed by atoms with E-state index in [2.05, 4.69) is 23.7 Å². The van der Waals surface area contributed by atoms with E-state index in [0.717, 1.165) is 25.7 Å². The minimum absolute atomic E-state index is 0.182. The van der Waals surface area contributed by atoms with Gasteiger partial charge in [0.1, 0.15) is 0 Å². The number of hydrogen-bond donors (Lipinski definition) is 0. The molecule has 2 aliphatic carbocycles. The van der Waals surface area contributed by atoms with Gasteiger partial charge in [0.05, 0.1) is 0 Å². The molecule has 0 aromatic heterocycles. The first-order valence-electron chi connectivity index (χ1n) is 6.41. The fourth-order valence-corrected chi connectivity index (χ4v) is 2.51. The van der Waals surface area contributed by atoms with Crippen molar-refractivity contribution in [2.24, 2.45) is 11.8 Å². The van der Waals surface area contributed by atoms with Gasteiger partial charge in [0.25, 0.3) is 5.78 Å². The molecule has 84 valence electrons. The van der Waals surface area contributed by atoms with Gasteiger partial charge in [-0.3, -0.25) is 4.79 Å². The van der Waals surface area contributed by atoms with Crippen LogP contribution in [-0.2, 0) is 4.79 Å². The maximum atomic E-state index is 11.4. The second-order valence-corrected chi connectivity index (χ2v) is 4.83. The molecule has 16 heavy (non-hydrogen) atoms. The summed E-state index contributed by atoms with van der Waals surface area (Å²) < 4.78 is 0. The Labute approximate surface area is 98.0 Å². The highest BCUT2D eigenvalue weighted by atomic mass is 16.1. The van der Waals surface area contributed by atoms with E-state index in [9.17, 15) is 4.79 Å². The SMILES string of the molecule is O=C(C#CC1CCCC1)C#CC1CCCC1. The molecule has 1 heteroatoms. The van der Waals surface area contributed by atoms with Crippen LogP contribution in [0.15, 0.2) is 0 Å². The first-order valence-corrected chi connectivity index (χ1v) is 6.41. The lowest BCUT2D eigenvalue weighted by Gasteiger charge is -1.94. The molecule has 0 spiro atoms. The molecule has 2 saturated carbocycles. The van der Waals surface area contributed by atoms with Crippen molar-refractivity contribution in [3.05, 3.63) is 0 Å². The van der Waals surface area contributed by atoms with E-state index >= 15 is 0 Å². The van der Waals surface area contributed by atoms with Gasteiger partial charge in [-0.25, -0.2) is 0 Å². The molecule has 0 unspecified atom stereocenters. The Morgan fingerprint density at radius 3 is 1.50 bits per heavy atom. The van der Waals surface area contributed by atoms with E-state index in [-0.39, 0.29) is 5.78 Å². The average molecular weight is 214 g/mol. The molecule has 2 fully saturated rings. The molecule has 0 amide bonds. The first-order chi connectivity index (χ1) is 7.84. The zero-order valence-electron chi connectivity index (χ0n) is 9.72. The van der Waals surface area contributed by atoms with E-state index in [4.69, 9.17) is 0 Å². The standard InChI is InChI=1S/C15H18O/c16-15(11-9-13-5-1-2-6-13)12-10-14-7-3-4-8-14/h13-14H,1-8H2. The summed E-state index contributed by atoms with van der Waals surface area (Å²) in [7, 11) is 0. The highest BCUT2D eigenvalue weighted by molar-refractivity contribution is 6.08. The number of carbonyl (C=O) groups is 1. The number of Topliss-reactive ketones (excluding diaryl/α,β-unsaturated/α-hetero) is 1. The van der Waals surface area contributed by atoms with Crippen LogP contribution in [0.25, 0.3) is 0 Å². The molecule has 2 rings (SSSR count). The topological polar surface area (TPSA) is 17.1 Å². The van der Waals surface area contributed by atoms with Crippen LogP contribution < -0.4 is 0 Å². The number of rotatable bonds is 0. The lowest BCUT2D eigenvalue weighted by molar-refractivity contribution is -0.108. The van der Waals surface area contributed by atoms with Gasteiger partial charge in [0.2, 0.25) is 0 Å². The van der Waals surface area contributed by atoms with Crippen LogP contribution in [0.2, 0.25) is 0 Å². The van der Waals surface area contributed by atoms with Gasteiger partial charge in [-0.15, -0.1) is 0 Å². The van der Waals surface area contributed by atoms with Crippen molar-refractivity contribution < 1.29 is 4.79 Å². The van der Waals surface area contributed by atoms with Gasteiger partial charge in [-0.2, -0.15) is 0 Å². The number of carbonyl (C=O) groups excluding carboxylic acids is 1. The van der Waals surface area contributed by atoms with Crippen LogP contribution >= 0.6 is 0 Å². The summed E-state index contributed by atoms with van der Waals surface area (Å²) in [5.41, 5.74) is 0. The molecule has 0 bridgehead atoms. The Kier molecular flexibility index (Phi) is 4.06. The van der Waals surface area contributed by atoms with Crippen molar-refractivity contribution in [1.29, 1.82) is 0 Å². The summed E-state index contributed by atoms with van der Waals surface area (Å²) >= 11 is 0. The van der Waals surface area contributed by atoms with Crippen molar-refractivity contribution in [1.82, 2.24) is 0 Å². The molecule has 0 radical (unpaired) electrons. The summed E-state index contributed by atoms with van der Waals surface area (Å²) in [6.07, 6.45) is 9.71. The Morgan fingerprint density at radius 1 is 0.750 bits per heavy atom. The van der Waals surface area contributed by atoms with E-state index in [1.807, 2.05) is 0 Å². The lowest BCUT2D eigenvalue weighted by Crippen LogP contribution is -1.94. The van der Waals surface area contributed by atoms with Crippen molar-refractivity contribution in [3.8, 4) is 23.7 Å². The minimum Gasteiger partial charge on any atom is -0.270 e. The van der Waals surface area contributed by atoms with Gasteiger partial charge in [0, 0.05) is 11.8 Å². The third-order valence-electron chi connectivity index (χ3n) is 3.49. The maximum absolute atomic E-state index is 11.4. The largest absolute Gasteiger partial charge is 0.279 e. The quantitative estimate of drug-likeness (QED) is 0.447. The van der Waals surface area contributed by atoms with Gasteiger partial charge >= 0.3 is 0 Å². The predicted octanol–water partition coefficient (Wildman–Crippen LogP) is 2.94. The molecule has 0 aliphatic heterocycles. The molecule has 0 saturated heterocycles. The second-order valence-electron chi connectivity index (χ2n) is 4.83. The highest BCUT2D eigenvalue weighted by Crippen LogP contribution is 2.24. The Balaban J connectivity index is 1.82. The zero-order chi connectivity index (χ0) is 11.2. The Hall–Kier alpha value is -1.21. The number of hydrogen-bond acceptors (Lipinski definition) is 1. The molecule has 1 nitrogen and oxygen atoms in total. The maximum Gasteiger partial charge on any atom is 0.279 e. The number of ketones is 1. The van der Waals surface area contributed by atoms with Crippen LogP contribution in [-0.4, -0.2) is 5.78 Å². The third kappa shape index (κ3) is 3.42. The monoisotopic (exact) mass is 214 g/mol. The lowest BCUT2D eigenvalue weighted by atomic mass is 10.1. The van der Waals surface area contributed by atoms with Crippen molar-refractivity contribution in [2.75, 3.05) is 0 Å². The molecule has 2 aliphatic rings. The van der Waals surface area contributed by atoms with Gasteiger partial charge in [-0.05, 0) is 37.5 Å².